The molecule has 0 radical (unpaired) electrons. The Morgan fingerprint density at radius 3 is 1.78 bits per heavy atom. The van der Waals surface area contributed by atoms with Crippen LogP contribution in [0.25, 0.3) is 114 Å². The second-order valence-corrected chi connectivity index (χ2v) is 15.2. The predicted molar refractivity (Wildman–Crippen MR) is 230 cm³/mol. The minimum Gasteiger partial charge on any atom is -0.452 e. The topological polar surface area (TPSA) is 43.9 Å². The molecule has 0 atom stereocenters. The molecule has 0 aliphatic rings. The molecule has 0 saturated heterocycles. The summed E-state index contributed by atoms with van der Waals surface area (Å²) >= 11 is 1.87. The van der Waals surface area contributed by atoms with Gasteiger partial charge in [0.25, 0.3) is 0 Å². The lowest BCUT2D eigenvalue weighted by molar-refractivity contribution is 0.666. The molecule has 0 bridgehead atoms. The molecule has 12 aromatic rings. The highest BCUT2D eigenvalue weighted by atomic mass is 32.1. The molecule has 0 aliphatic carbocycles. The molecule has 5 heteroatoms. The van der Waals surface area contributed by atoms with Crippen LogP contribution >= 0.6 is 11.3 Å². The standard InChI is InChI=1S/C50H29N3OS/c1-3-15-30(16-4-1)32-27-33(31-17-5-2-6-18-31)29-34(28-32)45-48-46(38-22-10-13-25-41(38)54-48)52-50(51-45)53-40-24-12-9-21-37(40)44-47(53)36-20-8-7-19-35(36)43-39-23-11-14-26-42(39)55-49(43)44/h1-29H. The largest absolute Gasteiger partial charge is 0.452 e. The molecule has 12 rings (SSSR count). The van der Waals surface area contributed by atoms with E-state index in [2.05, 4.69) is 168 Å². The average Bonchev–Trinajstić information content (AvgIpc) is 3.94. The van der Waals surface area contributed by atoms with Gasteiger partial charge in [0.15, 0.2) is 5.58 Å². The molecule has 4 nitrogen and oxygen atoms in total. The van der Waals surface area contributed by atoms with Crippen molar-refractivity contribution in [3.63, 3.8) is 0 Å². The molecule has 0 spiro atoms. The van der Waals surface area contributed by atoms with Gasteiger partial charge in [-0.2, -0.15) is 0 Å². The molecule has 55 heavy (non-hydrogen) atoms. The fraction of sp³-hybridized carbons (Fsp3) is 0. The van der Waals surface area contributed by atoms with Gasteiger partial charge in [0.1, 0.15) is 16.8 Å². The van der Waals surface area contributed by atoms with E-state index in [9.17, 15) is 0 Å². The van der Waals surface area contributed by atoms with Gasteiger partial charge in [-0.15, -0.1) is 11.3 Å². The number of fused-ring (bicyclic) bond motifs is 13. The van der Waals surface area contributed by atoms with Crippen LogP contribution in [0.3, 0.4) is 0 Å². The van der Waals surface area contributed by atoms with Crippen molar-refractivity contribution in [2.75, 3.05) is 0 Å². The number of para-hydroxylation sites is 2. The molecule has 0 amide bonds. The van der Waals surface area contributed by atoms with E-state index >= 15 is 0 Å². The summed E-state index contributed by atoms with van der Waals surface area (Å²) in [5, 5.41) is 8.35. The van der Waals surface area contributed by atoms with Gasteiger partial charge in [0, 0.05) is 47.3 Å². The molecular weight excluding hydrogens is 691 g/mol. The molecule has 256 valence electrons. The Labute approximate surface area is 319 Å². The van der Waals surface area contributed by atoms with Gasteiger partial charge in [0.2, 0.25) is 5.95 Å². The van der Waals surface area contributed by atoms with Crippen LogP contribution in [-0.4, -0.2) is 14.5 Å². The maximum Gasteiger partial charge on any atom is 0.236 e. The van der Waals surface area contributed by atoms with Gasteiger partial charge in [-0.05, 0) is 70.1 Å². The summed E-state index contributed by atoms with van der Waals surface area (Å²) in [5.74, 6) is 0.609. The van der Waals surface area contributed by atoms with Crippen LogP contribution in [-0.2, 0) is 0 Å². The van der Waals surface area contributed by atoms with E-state index in [0.717, 1.165) is 61.0 Å². The highest BCUT2D eigenvalue weighted by Crippen LogP contribution is 2.48. The molecular formula is C50H29N3OS. The molecule has 0 fully saturated rings. The monoisotopic (exact) mass is 719 g/mol. The minimum absolute atomic E-state index is 0.609. The summed E-state index contributed by atoms with van der Waals surface area (Å²) < 4.78 is 11.6. The van der Waals surface area contributed by atoms with Gasteiger partial charge in [0.05, 0.1) is 11.0 Å². The van der Waals surface area contributed by atoms with Gasteiger partial charge < -0.3 is 4.42 Å². The van der Waals surface area contributed by atoms with Gasteiger partial charge in [-0.3, -0.25) is 4.57 Å². The van der Waals surface area contributed by atoms with Crippen LogP contribution in [0.5, 0.6) is 0 Å². The molecule has 0 N–H and O–H groups in total. The van der Waals surface area contributed by atoms with Crippen molar-refractivity contribution in [2.24, 2.45) is 0 Å². The van der Waals surface area contributed by atoms with Crippen LogP contribution in [0.2, 0.25) is 0 Å². The number of benzene rings is 8. The fourth-order valence-corrected chi connectivity index (χ4v) is 9.84. The first-order chi connectivity index (χ1) is 27.3. The maximum atomic E-state index is 6.71. The molecule has 0 unspecified atom stereocenters. The Morgan fingerprint density at radius 1 is 0.455 bits per heavy atom. The Bertz CT molecular complexity index is 3430. The third-order valence-corrected chi connectivity index (χ3v) is 12.2. The molecule has 0 aliphatic heterocycles. The van der Waals surface area contributed by atoms with E-state index in [1.54, 1.807) is 0 Å². The first kappa shape index (κ1) is 30.4. The molecule has 8 aromatic carbocycles. The fourth-order valence-electron chi connectivity index (χ4n) is 8.56. The van der Waals surface area contributed by atoms with E-state index in [1.807, 2.05) is 23.5 Å². The number of hydrogen-bond donors (Lipinski definition) is 0. The minimum atomic E-state index is 0.609. The molecule has 0 saturated carbocycles. The van der Waals surface area contributed by atoms with E-state index in [0.29, 0.717) is 11.5 Å². The second kappa shape index (κ2) is 11.7. The summed E-state index contributed by atoms with van der Waals surface area (Å²) in [6.45, 7) is 0. The average molecular weight is 720 g/mol. The molecule has 4 aromatic heterocycles. The lowest BCUT2D eigenvalue weighted by Crippen LogP contribution is -2.03. The van der Waals surface area contributed by atoms with Gasteiger partial charge >= 0.3 is 0 Å². The Hall–Kier alpha value is -7.08. The Morgan fingerprint density at radius 2 is 1.04 bits per heavy atom. The number of aromatic nitrogens is 3. The van der Waals surface area contributed by atoms with E-state index < -0.39 is 0 Å². The van der Waals surface area contributed by atoms with Crippen molar-refractivity contribution < 1.29 is 4.42 Å². The maximum absolute atomic E-state index is 6.71. The normalized spacial score (nSPS) is 12.0. The van der Waals surface area contributed by atoms with E-state index in [-0.39, 0.29) is 0 Å². The van der Waals surface area contributed by atoms with E-state index in [1.165, 1.54) is 41.7 Å². The summed E-state index contributed by atoms with van der Waals surface area (Å²) in [6.07, 6.45) is 0. The van der Waals surface area contributed by atoms with Crippen molar-refractivity contribution in [3.05, 3.63) is 176 Å². The second-order valence-electron chi connectivity index (χ2n) is 14.1. The first-order valence-corrected chi connectivity index (χ1v) is 19.3. The smallest absolute Gasteiger partial charge is 0.236 e. The van der Waals surface area contributed by atoms with E-state index in [4.69, 9.17) is 14.4 Å². The number of thiophene rings is 1. The third-order valence-electron chi connectivity index (χ3n) is 11.0. The number of rotatable bonds is 4. The van der Waals surface area contributed by atoms with Gasteiger partial charge in [-0.25, -0.2) is 9.97 Å². The summed E-state index contributed by atoms with van der Waals surface area (Å²) in [4.78, 5) is 11.0. The van der Waals surface area contributed by atoms with Crippen LogP contribution in [0.1, 0.15) is 0 Å². The first-order valence-electron chi connectivity index (χ1n) is 18.5. The summed E-state index contributed by atoms with van der Waals surface area (Å²) in [7, 11) is 0. The van der Waals surface area contributed by atoms with Crippen molar-refractivity contribution in [3.8, 4) is 39.5 Å². The van der Waals surface area contributed by atoms with Crippen molar-refractivity contribution in [2.45, 2.75) is 0 Å². The summed E-state index contributed by atoms with van der Waals surface area (Å²) in [6, 6.07) is 62.3. The highest BCUT2D eigenvalue weighted by Gasteiger charge is 2.25. The van der Waals surface area contributed by atoms with Crippen LogP contribution in [0, 0.1) is 0 Å². The quantitative estimate of drug-likeness (QED) is 0.182. The zero-order valence-corrected chi connectivity index (χ0v) is 30.2. The van der Waals surface area contributed by atoms with Crippen molar-refractivity contribution >= 4 is 86.2 Å². The SMILES string of the molecule is c1ccc(-c2cc(-c3ccccc3)cc(-c3nc(-n4c5ccccc5c5c6sc7ccccc7c6c6ccccc6c54)nc4c3oc3ccccc34)c2)cc1. The van der Waals surface area contributed by atoms with Crippen LogP contribution < -0.4 is 0 Å². The zero-order valence-electron chi connectivity index (χ0n) is 29.4. The molecule has 4 heterocycles. The third kappa shape index (κ3) is 4.51. The van der Waals surface area contributed by atoms with Gasteiger partial charge in [-0.1, -0.05) is 133 Å². The number of hydrogen-bond acceptors (Lipinski definition) is 4. The highest BCUT2D eigenvalue weighted by molar-refractivity contribution is 7.27. The lowest BCUT2D eigenvalue weighted by Gasteiger charge is -2.13. The predicted octanol–water partition coefficient (Wildman–Crippen LogP) is 14.0. The number of furan rings is 1. The lowest BCUT2D eigenvalue weighted by atomic mass is 9.95. The van der Waals surface area contributed by atoms with Crippen LogP contribution in [0.15, 0.2) is 180 Å². The zero-order chi connectivity index (χ0) is 36.0. The Kier molecular flexibility index (Phi) is 6.47. The van der Waals surface area contributed by atoms with Crippen LogP contribution in [0.4, 0.5) is 0 Å². The Balaban J connectivity index is 1.24. The van der Waals surface area contributed by atoms with Crippen molar-refractivity contribution in [1.29, 1.82) is 0 Å². The van der Waals surface area contributed by atoms with Crippen molar-refractivity contribution in [1.82, 2.24) is 14.5 Å². The summed E-state index contributed by atoms with van der Waals surface area (Å²) in [5.41, 5.74) is 10.6. The number of nitrogens with zero attached hydrogens (tertiary/aromatic N) is 3.